The van der Waals surface area contributed by atoms with Gasteiger partial charge in [0.2, 0.25) is 5.82 Å². The third kappa shape index (κ3) is 3.45. The Hall–Kier alpha value is -2.20. The van der Waals surface area contributed by atoms with Crippen molar-refractivity contribution in [1.82, 2.24) is 14.3 Å². The fourth-order valence-electron chi connectivity index (χ4n) is 2.30. The molecule has 0 aliphatic carbocycles. The Balaban J connectivity index is 2.84. The Morgan fingerprint density at radius 2 is 1.96 bits per heavy atom. The highest BCUT2D eigenvalue weighted by atomic mass is 35.7. The monoisotopic (exact) mass is 391 g/mol. The van der Waals surface area contributed by atoms with Crippen molar-refractivity contribution in [1.29, 1.82) is 0 Å². The zero-order valence-electron chi connectivity index (χ0n) is 13.8. The summed E-state index contributed by atoms with van der Waals surface area (Å²) in [6, 6.07) is 1.34. The third-order valence-corrected chi connectivity index (χ3v) is 4.89. The molecule has 0 aliphatic rings. The number of aryl methyl sites for hydroxylation is 1. The van der Waals surface area contributed by atoms with Crippen molar-refractivity contribution in [3.05, 3.63) is 39.8 Å². The quantitative estimate of drug-likeness (QED) is 0.581. The fraction of sp³-hybridized carbons (Fsp3) is 0.357. The van der Waals surface area contributed by atoms with Gasteiger partial charge in [-0.15, -0.1) is 5.10 Å². The maximum absolute atomic E-state index is 14.3. The van der Waals surface area contributed by atoms with Crippen molar-refractivity contribution >= 4 is 25.7 Å². The SMILES string of the molecule is COC(=O)c1nn(-c2cc(S(=O)(=O)Cl)c(C)cc2F)c(=O)n1C(C)C. The highest BCUT2D eigenvalue weighted by molar-refractivity contribution is 8.13. The van der Waals surface area contributed by atoms with Gasteiger partial charge in [0, 0.05) is 16.7 Å². The minimum atomic E-state index is -4.17. The number of carbonyl (C=O) groups is 1. The first kappa shape index (κ1) is 19.1. The Morgan fingerprint density at radius 3 is 2.44 bits per heavy atom. The van der Waals surface area contributed by atoms with Crippen LogP contribution in [0.3, 0.4) is 0 Å². The van der Waals surface area contributed by atoms with Gasteiger partial charge in [0.15, 0.2) is 0 Å². The van der Waals surface area contributed by atoms with Gasteiger partial charge < -0.3 is 4.74 Å². The van der Waals surface area contributed by atoms with E-state index in [2.05, 4.69) is 9.84 Å². The second-order valence-corrected chi connectivity index (χ2v) is 8.01. The molecule has 2 rings (SSSR count). The highest BCUT2D eigenvalue weighted by Gasteiger charge is 2.26. The van der Waals surface area contributed by atoms with E-state index in [1.807, 2.05) is 0 Å². The maximum atomic E-state index is 14.3. The summed E-state index contributed by atoms with van der Waals surface area (Å²) in [5.74, 6) is -2.12. The summed E-state index contributed by atoms with van der Waals surface area (Å²) in [4.78, 5) is 24.0. The van der Waals surface area contributed by atoms with Crippen molar-refractivity contribution in [3.63, 3.8) is 0 Å². The molecule has 2 aromatic rings. The number of aromatic nitrogens is 3. The normalized spacial score (nSPS) is 11.8. The van der Waals surface area contributed by atoms with Gasteiger partial charge in [-0.1, -0.05) is 0 Å². The predicted molar refractivity (Wildman–Crippen MR) is 87.3 cm³/mol. The van der Waals surface area contributed by atoms with Crippen LogP contribution in [-0.2, 0) is 13.8 Å². The highest BCUT2D eigenvalue weighted by Crippen LogP contribution is 2.25. The lowest BCUT2D eigenvalue weighted by Crippen LogP contribution is -2.27. The molecule has 0 spiro atoms. The van der Waals surface area contributed by atoms with E-state index in [4.69, 9.17) is 10.7 Å². The molecule has 0 atom stereocenters. The van der Waals surface area contributed by atoms with Gasteiger partial charge in [0.25, 0.3) is 9.05 Å². The lowest BCUT2D eigenvalue weighted by Gasteiger charge is -2.08. The van der Waals surface area contributed by atoms with Crippen LogP contribution in [0.25, 0.3) is 5.69 Å². The van der Waals surface area contributed by atoms with E-state index in [-0.39, 0.29) is 16.3 Å². The molecule has 136 valence electrons. The van der Waals surface area contributed by atoms with Crippen LogP contribution >= 0.6 is 10.7 Å². The summed E-state index contributed by atoms with van der Waals surface area (Å²) in [6.07, 6.45) is 0. The smallest absolute Gasteiger partial charge is 0.376 e. The van der Waals surface area contributed by atoms with Crippen LogP contribution in [0.2, 0.25) is 0 Å². The lowest BCUT2D eigenvalue weighted by molar-refractivity contribution is 0.0578. The molecule has 0 saturated carbocycles. The first-order valence-corrected chi connectivity index (χ1v) is 9.35. The number of hydrogen-bond donors (Lipinski definition) is 0. The van der Waals surface area contributed by atoms with Crippen molar-refractivity contribution in [2.45, 2.75) is 31.7 Å². The second-order valence-electron chi connectivity index (χ2n) is 5.48. The van der Waals surface area contributed by atoms with E-state index in [1.165, 1.54) is 6.92 Å². The minimum Gasteiger partial charge on any atom is -0.463 e. The molecular formula is C14H15ClFN3O5S. The molecule has 1 heterocycles. The van der Waals surface area contributed by atoms with Gasteiger partial charge in [-0.2, -0.15) is 4.68 Å². The van der Waals surface area contributed by atoms with E-state index in [1.54, 1.807) is 13.8 Å². The van der Waals surface area contributed by atoms with Gasteiger partial charge in [0.05, 0.1) is 12.0 Å². The number of halogens is 2. The van der Waals surface area contributed by atoms with Gasteiger partial charge in [0.1, 0.15) is 11.5 Å². The third-order valence-electron chi connectivity index (χ3n) is 3.43. The largest absolute Gasteiger partial charge is 0.463 e. The van der Waals surface area contributed by atoms with Gasteiger partial charge in [-0.3, -0.25) is 4.57 Å². The average Bonchev–Trinajstić information content (AvgIpc) is 2.82. The summed E-state index contributed by atoms with van der Waals surface area (Å²) < 4.78 is 43.8. The number of ether oxygens (including phenoxy) is 1. The molecule has 11 heteroatoms. The standard InChI is InChI=1S/C14H15ClFN3O5S/c1-7(2)18-12(13(20)24-4)17-19(14(18)21)10-6-11(25(15,22)23)8(3)5-9(10)16/h5-7H,1-4H3. The molecule has 1 aromatic carbocycles. The van der Waals surface area contributed by atoms with E-state index in [0.29, 0.717) is 4.68 Å². The lowest BCUT2D eigenvalue weighted by atomic mass is 10.2. The number of nitrogens with zero attached hydrogens (tertiary/aromatic N) is 3. The molecule has 25 heavy (non-hydrogen) atoms. The summed E-state index contributed by atoms with van der Waals surface area (Å²) in [6.45, 7) is 4.61. The van der Waals surface area contributed by atoms with Crippen LogP contribution in [0.4, 0.5) is 4.39 Å². The summed E-state index contributed by atoms with van der Waals surface area (Å²) in [7, 11) is 2.28. The number of esters is 1. The van der Waals surface area contributed by atoms with Gasteiger partial charge in [-0.25, -0.2) is 22.4 Å². The molecule has 0 amide bonds. The zero-order valence-corrected chi connectivity index (χ0v) is 15.4. The molecule has 0 bridgehead atoms. The van der Waals surface area contributed by atoms with E-state index >= 15 is 0 Å². The van der Waals surface area contributed by atoms with Crippen molar-refractivity contribution in [3.8, 4) is 5.69 Å². The number of rotatable bonds is 4. The molecule has 0 N–H and O–H groups in total. The molecule has 1 aromatic heterocycles. The molecule has 0 unspecified atom stereocenters. The van der Waals surface area contributed by atoms with Crippen LogP contribution in [0.5, 0.6) is 0 Å². The second kappa shape index (κ2) is 6.60. The first-order chi connectivity index (χ1) is 11.5. The van der Waals surface area contributed by atoms with Crippen molar-refractivity contribution in [2.24, 2.45) is 0 Å². The molecule has 0 saturated heterocycles. The van der Waals surface area contributed by atoms with E-state index < -0.39 is 38.3 Å². The first-order valence-electron chi connectivity index (χ1n) is 7.04. The Labute approximate surface area is 147 Å². The average molecular weight is 392 g/mol. The minimum absolute atomic E-state index is 0.0702. The van der Waals surface area contributed by atoms with Crippen LogP contribution in [0, 0.1) is 12.7 Å². The Kier molecular flexibility index (Phi) is 5.05. The molecule has 0 fully saturated rings. The van der Waals surface area contributed by atoms with E-state index in [0.717, 1.165) is 23.8 Å². The van der Waals surface area contributed by atoms with Crippen LogP contribution in [0.15, 0.2) is 21.8 Å². The van der Waals surface area contributed by atoms with Crippen molar-refractivity contribution in [2.75, 3.05) is 7.11 Å². The number of hydrogen-bond acceptors (Lipinski definition) is 6. The summed E-state index contributed by atoms with van der Waals surface area (Å²) >= 11 is 0. The van der Waals surface area contributed by atoms with E-state index in [9.17, 15) is 22.4 Å². The van der Waals surface area contributed by atoms with Gasteiger partial charge in [-0.05, 0) is 38.5 Å². The van der Waals surface area contributed by atoms with Crippen molar-refractivity contribution < 1.29 is 22.3 Å². The number of methoxy groups -OCH3 is 1. The molecular weight excluding hydrogens is 377 g/mol. The summed E-state index contributed by atoms with van der Waals surface area (Å²) in [5, 5.41) is 3.80. The molecule has 8 nitrogen and oxygen atoms in total. The van der Waals surface area contributed by atoms with Crippen LogP contribution in [-0.4, -0.2) is 35.8 Å². The fourth-order valence-corrected chi connectivity index (χ4v) is 3.49. The Bertz CT molecular complexity index is 1010. The molecule has 0 aliphatic heterocycles. The molecule has 0 radical (unpaired) electrons. The van der Waals surface area contributed by atoms with Gasteiger partial charge >= 0.3 is 11.7 Å². The number of benzene rings is 1. The summed E-state index contributed by atoms with van der Waals surface area (Å²) in [5.41, 5.74) is -1.20. The predicted octanol–water partition coefficient (Wildman–Crippen LogP) is 1.78. The van der Waals surface area contributed by atoms with Crippen LogP contribution in [0.1, 0.15) is 36.1 Å². The number of carbonyl (C=O) groups excluding carboxylic acids is 1. The maximum Gasteiger partial charge on any atom is 0.376 e. The van der Waals surface area contributed by atoms with Crippen LogP contribution < -0.4 is 5.69 Å². The zero-order chi connectivity index (χ0) is 19.1. The Morgan fingerprint density at radius 1 is 1.36 bits per heavy atom. The topological polar surface area (TPSA) is 100 Å².